The number of likely N-dealkylation sites (tertiary alicyclic amines) is 1. The molecule has 5 rings (SSSR count). The largest absolute Gasteiger partial charge is 0.341 e. The van der Waals surface area contributed by atoms with Gasteiger partial charge in [-0.3, -0.25) is 14.5 Å². The van der Waals surface area contributed by atoms with E-state index in [1.165, 1.54) is 40.9 Å². The van der Waals surface area contributed by atoms with Crippen LogP contribution in [-0.4, -0.2) is 51.9 Å². The van der Waals surface area contributed by atoms with Gasteiger partial charge in [-0.05, 0) is 60.7 Å². The standard InChI is InChI=1S/C30H34F2N4O2S/c1-19-12-14-34(15-13-19)24(37)17-35-25(38)18-39-27(20-6-5-7-22(32)16-20)26-28(30(2,3)4)33-36(29(26)35)23-10-8-21(31)9-11-23/h5-11,16,19,27H,12-15,17-18H2,1-4H3. The fourth-order valence-electron chi connectivity index (χ4n) is 5.26. The molecule has 0 saturated carbocycles. The SMILES string of the molecule is CC1CCN(C(=O)CN2C(=O)CSC(c3cccc(F)c3)c3c(C(C)(C)C)nn(-c4ccc(F)cc4)c32)CC1. The summed E-state index contributed by atoms with van der Waals surface area (Å²) >= 11 is 1.41. The zero-order valence-electron chi connectivity index (χ0n) is 22.8. The molecule has 0 spiro atoms. The quantitative estimate of drug-likeness (QED) is 0.406. The molecule has 206 valence electrons. The third kappa shape index (κ3) is 5.60. The van der Waals surface area contributed by atoms with E-state index in [9.17, 15) is 18.4 Å². The zero-order chi connectivity index (χ0) is 27.9. The highest BCUT2D eigenvalue weighted by Gasteiger charge is 2.40. The molecule has 9 heteroatoms. The first kappa shape index (κ1) is 27.4. The van der Waals surface area contributed by atoms with Crippen molar-refractivity contribution in [3.8, 4) is 5.69 Å². The first-order valence-electron chi connectivity index (χ1n) is 13.4. The summed E-state index contributed by atoms with van der Waals surface area (Å²) in [6, 6.07) is 12.3. The number of hydrogen-bond acceptors (Lipinski definition) is 4. The molecule has 1 saturated heterocycles. The third-order valence-electron chi connectivity index (χ3n) is 7.45. The summed E-state index contributed by atoms with van der Waals surface area (Å²) in [4.78, 5) is 30.6. The number of carbonyl (C=O) groups is 2. The van der Waals surface area contributed by atoms with Crippen LogP contribution in [0.15, 0.2) is 48.5 Å². The molecule has 3 aromatic rings. The minimum absolute atomic E-state index is 0.112. The molecular weight excluding hydrogens is 518 g/mol. The number of anilines is 1. The van der Waals surface area contributed by atoms with E-state index in [2.05, 4.69) is 6.92 Å². The van der Waals surface area contributed by atoms with Gasteiger partial charge in [0, 0.05) is 24.1 Å². The van der Waals surface area contributed by atoms with Crippen LogP contribution in [0.25, 0.3) is 5.69 Å². The van der Waals surface area contributed by atoms with Crippen molar-refractivity contribution in [3.05, 3.63) is 77.0 Å². The van der Waals surface area contributed by atoms with Crippen LogP contribution >= 0.6 is 11.8 Å². The molecule has 2 amide bonds. The number of nitrogens with zero attached hydrogens (tertiary/aromatic N) is 4. The van der Waals surface area contributed by atoms with Gasteiger partial charge in [-0.15, -0.1) is 11.8 Å². The Morgan fingerprint density at radius 3 is 2.38 bits per heavy atom. The summed E-state index contributed by atoms with van der Waals surface area (Å²) in [6.45, 7) is 9.51. The van der Waals surface area contributed by atoms with Gasteiger partial charge >= 0.3 is 0 Å². The van der Waals surface area contributed by atoms with E-state index in [0.29, 0.717) is 30.5 Å². The second-order valence-corrected chi connectivity index (χ2v) is 12.6. The van der Waals surface area contributed by atoms with Crippen molar-refractivity contribution in [3.63, 3.8) is 0 Å². The highest BCUT2D eigenvalue weighted by atomic mass is 32.2. The molecule has 2 aliphatic rings. The monoisotopic (exact) mass is 552 g/mol. The molecule has 0 aliphatic carbocycles. The lowest BCUT2D eigenvalue weighted by Gasteiger charge is -2.32. The van der Waals surface area contributed by atoms with E-state index in [1.54, 1.807) is 22.9 Å². The molecule has 0 bridgehead atoms. The van der Waals surface area contributed by atoms with Gasteiger partial charge in [0.05, 0.1) is 22.4 Å². The molecule has 0 N–H and O–H groups in total. The summed E-state index contributed by atoms with van der Waals surface area (Å²) in [5, 5.41) is 4.60. The van der Waals surface area contributed by atoms with E-state index in [4.69, 9.17) is 5.10 Å². The van der Waals surface area contributed by atoms with E-state index >= 15 is 0 Å². The van der Waals surface area contributed by atoms with Crippen molar-refractivity contribution < 1.29 is 18.4 Å². The van der Waals surface area contributed by atoms with E-state index in [1.807, 2.05) is 31.7 Å². The summed E-state index contributed by atoms with van der Waals surface area (Å²) in [5.74, 6) is 0.0889. The molecule has 3 heterocycles. The Kier molecular flexibility index (Phi) is 7.55. The van der Waals surface area contributed by atoms with Crippen molar-refractivity contribution >= 4 is 29.4 Å². The van der Waals surface area contributed by atoms with Crippen molar-refractivity contribution in [2.75, 3.05) is 30.3 Å². The maximum atomic E-state index is 14.4. The number of fused-ring (bicyclic) bond motifs is 1. The molecule has 2 aliphatic heterocycles. The van der Waals surface area contributed by atoms with Crippen LogP contribution in [0.2, 0.25) is 0 Å². The molecule has 0 radical (unpaired) electrons. The first-order chi connectivity index (χ1) is 18.5. The topological polar surface area (TPSA) is 58.4 Å². The molecule has 1 fully saturated rings. The van der Waals surface area contributed by atoms with Gasteiger partial charge in [0.25, 0.3) is 0 Å². The molecule has 39 heavy (non-hydrogen) atoms. The maximum Gasteiger partial charge on any atom is 0.242 e. The van der Waals surface area contributed by atoms with Gasteiger partial charge < -0.3 is 4.90 Å². The van der Waals surface area contributed by atoms with Gasteiger partial charge in [-0.2, -0.15) is 5.10 Å². The van der Waals surface area contributed by atoms with Crippen LogP contribution in [0, 0.1) is 17.6 Å². The van der Waals surface area contributed by atoms with E-state index in [0.717, 1.165) is 29.7 Å². The van der Waals surface area contributed by atoms with Crippen LogP contribution in [0.3, 0.4) is 0 Å². The lowest BCUT2D eigenvalue weighted by Crippen LogP contribution is -2.46. The normalized spacial score (nSPS) is 18.7. The van der Waals surface area contributed by atoms with E-state index < -0.39 is 5.41 Å². The van der Waals surface area contributed by atoms with Crippen LogP contribution in [0.1, 0.15) is 62.6 Å². The average Bonchev–Trinajstić information content (AvgIpc) is 3.22. The minimum atomic E-state index is -0.437. The number of aromatic nitrogens is 2. The summed E-state index contributed by atoms with van der Waals surface area (Å²) < 4.78 is 29.9. The van der Waals surface area contributed by atoms with Crippen LogP contribution in [-0.2, 0) is 15.0 Å². The number of rotatable bonds is 4. The number of benzene rings is 2. The Morgan fingerprint density at radius 1 is 1.05 bits per heavy atom. The Bertz CT molecular complexity index is 1370. The van der Waals surface area contributed by atoms with Crippen LogP contribution in [0.4, 0.5) is 14.6 Å². The lowest BCUT2D eigenvalue weighted by atomic mass is 9.87. The number of carbonyl (C=O) groups excluding carboxylic acids is 2. The Labute approximate surface area is 232 Å². The van der Waals surface area contributed by atoms with Crippen molar-refractivity contribution in [1.29, 1.82) is 0 Å². The van der Waals surface area contributed by atoms with Crippen LogP contribution in [0.5, 0.6) is 0 Å². The number of thioether (sulfide) groups is 1. The number of hydrogen-bond donors (Lipinski definition) is 0. The van der Waals surface area contributed by atoms with Crippen molar-refractivity contribution in [2.45, 2.75) is 51.2 Å². The first-order valence-corrected chi connectivity index (χ1v) is 14.4. The lowest BCUT2D eigenvalue weighted by molar-refractivity contribution is -0.132. The summed E-state index contributed by atoms with van der Waals surface area (Å²) in [7, 11) is 0. The molecule has 1 unspecified atom stereocenters. The molecule has 1 aromatic heterocycles. The number of amides is 2. The van der Waals surface area contributed by atoms with Gasteiger partial charge in [0.15, 0.2) is 0 Å². The smallest absolute Gasteiger partial charge is 0.242 e. The highest BCUT2D eigenvalue weighted by Crippen LogP contribution is 2.48. The molecule has 2 aromatic carbocycles. The highest BCUT2D eigenvalue weighted by molar-refractivity contribution is 8.00. The number of halogens is 2. The Morgan fingerprint density at radius 2 is 1.74 bits per heavy atom. The van der Waals surface area contributed by atoms with Gasteiger partial charge in [-0.1, -0.05) is 39.8 Å². The van der Waals surface area contributed by atoms with Gasteiger partial charge in [0.2, 0.25) is 11.8 Å². The van der Waals surface area contributed by atoms with Crippen molar-refractivity contribution in [2.24, 2.45) is 5.92 Å². The minimum Gasteiger partial charge on any atom is -0.341 e. The Balaban J connectivity index is 1.70. The molecule has 1 atom stereocenters. The predicted octanol–water partition coefficient (Wildman–Crippen LogP) is 5.88. The summed E-state index contributed by atoms with van der Waals surface area (Å²) in [6.07, 6.45) is 1.87. The predicted molar refractivity (Wildman–Crippen MR) is 150 cm³/mol. The van der Waals surface area contributed by atoms with Gasteiger partial charge in [-0.25, -0.2) is 13.5 Å². The van der Waals surface area contributed by atoms with Crippen LogP contribution < -0.4 is 4.90 Å². The molecule has 6 nitrogen and oxygen atoms in total. The van der Waals surface area contributed by atoms with E-state index in [-0.39, 0.29) is 41.0 Å². The summed E-state index contributed by atoms with van der Waals surface area (Å²) in [5.41, 5.74) is 2.37. The second-order valence-electron chi connectivity index (χ2n) is 11.5. The second kappa shape index (κ2) is 10.8. The van der Waals surface area contributed by atoms with Crippen molar-refractivity contribution in [1.82, 2.24) is 14.7 Å². The fourth-order valence-corrected chi connectivity index (χ4v) is 6.45. The fraction of sp³-hybridized carbons (Fsp3) is 0.433. The zero-order valence-corrected chi connectivity index (χ0v) is 23.6. The van der Waals surface area contributed by atoms with Gasteiger partial charge in [0.1, 0.15) is 24.0 Å². The Hall–Kier alpha value is -3.20. The molecular formula is C30H34F2N4O2S. The third-order valence-corrected chi connectivity index (χ3v) is 8.71. The maximum absolute atomic E-state index is 14.4. The average molecular weight is 553 g/mol. The number of piperidine rings is 1.